The fourth-order valence-electron chi connectivity index (χ4n) is 2.53. The Hall–Kier alpha value is -1.10. The molecule has 1 fully saturated rings. The molecule has 0 aliphatic heterocycles. The molecule has 5 heteroatoms. The van der Waals surface area contributed by atoms with Crippen LogP contribution in [0, 0.1) is 5.92 Å². The summed E-state index contributed by atoms with van der Waals surface area (Å²) >= 11 is 3.43. The van der Waals surface area contributed by atoms with Crippen molar-refractivity contribution in [3.63, 3.8) is 0 Å². The van der Waals surface area contributed by atoms with Crippen molar-refractivity contribution in [3.8, 4) is 0 Å². The summed E-state index contributed by atoms with van der Waals surface area (Å²) in [6, 6.07) is 0.525. The van der Waals surface area contributed by atoms with Crippen LogP contribution in [-0.4, -0.2) is 20.4 Å². The van der Waals surface area contributed by atoms with Gasteiger partial charge in [0.1, 0.15) is 4.60 Å². The molecule has 2 atom stereocenters. The van der Waals surface area contributed by atoms with Crippen molar-refractivity contribution in [2.75, 3.05) is 5.32 Å². The van der Waals surface area contributed by atoms with E-state index in [1.165, 1.54) is 19.3 Å². The fourth-order valence-corrected chi connectivity index (χ4v) is 2.93. The summed E-state index contributed by atoms with van der Waals surface area (Å²) in [5.74, 6) is 1.59. The summed E-state index contributed by atoms with van der Waals surface area (Å²) in [6.07, 6.45) is 9.49. The highest BCUT2D eigenvalue weighted by molar-refractivity contribution is 9.10. The van der Waals surface area contributed by atoms with Crippen molar-refractivity contribution in [2.45, 2.75) is 32.2 Å². The summed E-state index contributed by atoms with van der Waals surface area (Å²) < 4.78 is 2.81. The second-order valence-electron chi connectivity index (χ2n) is 4.73. The lowest BCUT2D eigenvalue weighted by Crippen LogP contribution is -2.23. The maximum atomic E-state index is 4.49. The maximum Gasteiger partial charge on any atom is 0.180 e. The fraction of sp³-hybridized carbons (Fsp3) is 0.500. The van der Waals surface area contributed by atoms with Crippen molar-refractivity contribution < 1.29 is 0 Å². The van der Waals surface area contributed by atoms with E-state index < -0.39 is 0 Å². The van der Waals surface area contributed by atoms with Crippen molar-refractivity contribution in [1.82, 2.24) is 14.4 Å². The predicted octanol–water partition coefficient (Wildman–Crippen LogP) is 3.09. The third-order valence-electron chi connectivity index (χ3n) is 3.53. The van der Waals surface area contributed by atoms with Crippen LogP contribution in [0.15, 0.2) is 23.2 Å². The first-order valence-electron chi connectivity index (χ1n) is 6.00. The number of hydrogen-bond donors (Lipinski definition) is 1. The van der Waals surface area contributed by atoms with Crippen LogP contribution in [0.5, 0.6) is 0 Å². The van der Waals surface area contributed by atoms with Gasteiger partial charge >= 0.3 is 0 Å². The Bertz CT molecular complexity index is 536. The van der Waals surface area contributed by atoms with Crippen LogP contribution in [0.1, 0.15) is 26.2 Å². The second kappa shape index (κ2) is 4.29. The maximum absolute atomic E-state index is 4.49. The zero-order valence-corrected chi connectivity index (χ0v) is 11.3. The normalized spacial score (nSPS) is 24.4. The smallest absolute Gasteiger partial charge is 0.180 e. The Morgan fingerprint density at radius 2 is 2.35 bits per heavy atom. The van der Waals surface area contributed by atoms with Crippen LogP contribution in [0.2, 0.25) is 0 Å². The molecule has 0 bridgehead atoms. The zero-order chi connectivity index (χ0) is 11.8. The third-order valence-corrected chi connectivity index (χ3v) is 3.91. The average Bonchev–Trinajstić information content (AvgIpc) is 2.88. The quantitative estimate of drug-likeness (QED) is 0.925. The van der Waals surface area contributed by atoms with Crippen molar-refractivity contribution >= 4 is 27.4 Å². The number of nitrogens with zero attached hydrogens (tertiary/aromatic N) is 3. The summed E-state index contributed by atoms with van der Waals surface area (Å²) in [7, 11) is 0. The number of aromatic nitrogens is 3. The molecule has 2 aromatic rings. The molecule has 0 radical (unpaired) electrons. The van der Waals surface area contributed by atoms with Gasteiger partial charge in [0.25, 0.3) is 0 Å². The highest BCUT2D eigenvalue weighted by Gasteiger charge is 2.24. The van der Waals surface area contributed by atoms with Crippen molar-refractivity contribution in [3.05, 3.63) is 23.2 Å². The van der Waals surface area contributed by atoms with Crippen LogP contribution >= 0.6 is 15.9 Å². The Morgan fingerprint density at radius 1 is 1.47 bits per heavy atom. The third kappa shape index (κ3) is 2.04. The molecular weight excluding hydrogens is 280 g/mol. The summed E-state index contributed by atoms with van der Waals surface area (Å²) in [5.41, 5.74) is 0.896. The van der Waals surface area contributed by atoms with Gasteiger partial charge in [-0.3, -0.25) is 0 Å². The molecule has 1 N–H and O–H groups in total. The lowest BCUT2D eigenvalue weighted by atomic mass is 10.1. The van der Waals surface area contributed by atoms with E-state index in [9.17, 15) is 0 Å². The molecule has 3 rings (SSSR count). The molecule has 1 aliphatic rings. The molecule has 17 heavy (non-hydrogen) atoms. The Morgan fingerprint density at radius 3 is 3.12 bits per heavy atom. The lowest BCUT2D eigenvalue weighted by Gasteiger charge is -2.18. The van der Waals surface area contributed by atoms with Gasteiger partial charge in [0.05, 0.1) is 0 Å². The first-order valence-corrected chi connectivity index (χ1v) is 6.79. The van der Waals surface area contributed by atoms with Gasteiger partial charge in [0, 0.05) is 24.6 Å². The standard InChI is InChI=1S/C12H15BrN4/c1-8-3-2-4-9(8)15-11-12-14-5-6-17(12)7-10(13)16-11/h5-9H,2-4H2,1H3,(H,15,16). The topological polar surface area (TPSA) is 42.2 Å². The first-order chi connectivity index (χ1) is 8.24. The SMILES string of the molecule is CC1CCCC1Nc1nc(Br)cn2ccnc12. The van der Waals surface area contributed by atoms with E-state index in [-0.39, 0.29) is 0 Å². The molecule has 0 saturated heterocycles. The molecule has 2 unspecified atom stereocenters. The summed E-state index contributed by atoms with van der Waals surface area (Å²) in [5, 5.41) is 3.54. The Balaban J connectivity index is 1.96. The summed E-state index contributed by atoms with van der Waals surface area (Å²) in [4.78, 5) is 8.84. The number of hydrogen-bond acceptors (Lipinski definition) is 3. The largest absolute Gasteiger partial charge is 0.364 e. The molecule has 1 saturated carbocycles. The number of nitrogens with one attached hydrogen (secondary N) is 1. The average molecular weight is 295 g/mol. The van der Waals surface area contributed by atoms with Crippen molar-refractivity contribution in [2.24, 2.45) is 5.92 Å². The molecule has 0 aromatic carbocycles. The van der Waals surface area contributed by atoms with Crippen LogP contribution < -0.4 is 5.32 Å². The minimum absolute atomic E-state index is 0.525. The minimum Gasteiger partial charge on any atom is -0.364 e. The van der Waals surface area contributed by atoms with Crippen LogP contribution in [-0.2, 0) is 0 Å². The van der Waals surface area contributed by atoms with Gasteiger partial charge in [-0.2, -0.15) is 0 Å². The van der Waals surface area contributed by atoms with Gasteiger partial charge in [-0.1, -0.05) is 13.3 Å². The number of rotatable bonds is 2. The number of anilines is 1. The number of imidazole rings is 1. The zero-order valence-electron chi connectivity index (χ0n) is 9.73. The second-order valence-corrected chi connectivity index (χ2v) is 5.54. The van der Waals surface area contributed by atoms with Crippen LogP contribution in [0.3, 0.4) is 0 Å². The van der Waals surface area contributed by atoms with E-state index in [0.29, 0.717) is 12.0 Å². The summed E-state index contributed by atoms with van der Waals surface area (Å²) in [6.45, 7) is 2.30. The molecule has 2 heterocycles. The molecule has 90 valence electrons. The van der Waals surface area contributed by atoms with Gasteiger partial charge in [-0.05, 0) is 34.7 Å². The van der Waals surface area contributed by atoms with E-state index in [0.717, 1.165) is 16.1 Å². The molecule has 0 amide bonds. The Kier molecular flexibility index (Phi) is 2.78. The highest BCUT2D eigenvalue weighted by Crippen LogP contribution is 2.28. The lowest BCUT2D eigenvalue weighted by molar-refractivity contribution is 0.555. The van der Waals surface area contributed by atoms with E-state index in [1.54, 1.807) is 6.20 Å². The molecule has 2 aromatic heterocycles. The predicted molar refractivity (Wildman–Crippen MR) is 71.1 cm³/mol. The van der Waals surface area contributed by atoms with Gasteiger partial charge in [0.2, 0.25) is 0 Å². The van der Waals surface area contributed by atoms with E-state index in [2.05, 4.69) is 38.1 Å². The van der Waals surface area contributed by atoms with Gasteiger partial charge in [-0.15, -0.1) is 0 Å². The van der Waals surface area contributed by atoms with E-state index in [4.69, 9.17) is 0 Å². The van der Waals surface area contributed by atoms with E-state index in [1.807, 2.05) is 16.8 Å². The van der Waals surface area contributed by atoms with Crippen molar-refractivity contribution in [1.29, 1.82) is 0 Å². The molecule has 0 spiro atoms. The molecular formula is C12H15BrN4. The van der Waals surface area contributed by atoms with Gasteiger partial charge < -0.3 is 9.72 Å². The minimum atomic E-state index is 0.525. The first kappa shape index (κ1) is 11.0. The highest BCUT2D eigenvalue weighted by atomic mass is 79.9. The Labute approximate surface area is 109 Å². The number of fused-ring (bicyclic) bond motifs is 1. The molecule has 1 aliphatic carbocycles. The van der Waals surface area contributed by atoms with Gasteiger partial charge in [-0.25, -0.2) is 9.97 Å². The van der Waals surface area contributed by atoms with Gasteiger partial charge in [0.15, 0.2) is 11.5 Å². The van der Waals surface area contributed by atoms with Crippen LogP contribution in [0.4, 0.5) is 5.82 Å². The number of halogens is 1. The monoisotopic (exact) mass is 294 g/mol. The van der Waals surface area contributed by atoms with E-state index >= 15 is 0 Å². The molecule has 4 nitrogen and oxygen atoms in total. The van der Waals surface area contributed by atoms with Crippen LogP contribution in [0.25, 0.3) is 5.65 Å².